The van der Waals surface area contributed by atoms with Crippen LogP contribution in [0.5, 0.6) is 11.5 Å². The maximum atomic E-state index is 12.2. The fraction of sp³-hybridized carbons (Fsp3) is 0.588. The SMILES string of the molecule is COc1ccc(OC)c(NC(=O)CCN2CCCC(C)C2)c1.[Cl-]. The van der Waals surface area contributed by atoms with Gasteiger partial charge in [0.05, 0.1) is 19.9 Å². The number of carbonyl (C=O) groups is 1. The number of hydrogen-bond donors (Lipinski definition) is 1. The quantitative estimate of drug-likeness (QED) is 0.776. The van der Waals surface area contributed by atoms with Crippen molar-refractivity contribution in [2.75, 3.05) is 39.2 Å². The summed E-state index contributed by atoms with van der Waals surface area (Å²) in [4.78, 5) is 14.5. The van der Waals surface area contributed by atoms with Crippen molar-refractivity contribution in [2.24, 2.45) is 5.92 Å². The Morgan fingerprint density at radius 1 is 1.35 bits per heavy atom. The number of rotatable bonds is 6. The molecule has 0 aromatic heterocycles. The summed E-state index contributed by atoms with van der Waals surface area (Å²) in [6.07, 6.45) is 3.02. The molecule has 2 rings (SSSR count). The lowest BCUT2D eigenvalue weighted by Gasteiger charge is -2.30. The van der Waals surface area contributed by atoms with Gasteiger partial charge in [0, 0.05) is 25.6 Å². The highest BCUT2D eigenvalue weighted by molar-refractivity contribution is 5.92. The van der Waals surface area contributed by atoms with Crippen LogP contribution in [0.15, 0.2) is 18.2 Å². The highest BCUT2D eigenvalue weighted by Gasteiger charge is 2.17. The number of benzene rings is 1. The summed E-state index contributed by atoms with van der Waals surface area (Å²) in [5.41, 5.74) is 0.652. The van der Waals surface area contributed by atoms with Gasteiger partial charge in [0.2, 0.25) is 5.91 Å². The number of likely N-dealkylation sites (tertiary alicyclic amines) is 1. The van der Waals surface area contributed by atoms with E-state index >= 15 is 0 Å². The van der Waals surface area contributed by atoms with E-state index in [2.05, 4.69) is 17.1 Å². The van der Waals surface area contributed by atoms with Crippen LogP contribution in [0.25, 0.3) is 0 Å². The van der Waals surface area contributed by atoms with Gasteiger partial charge in [0.1, 0.15) is 11.5 Å². The Morgan fingerprint density at radius 3 is 2.78 bits per heavy atom. The molecule has 1 aromatic carbocycles. The van der Waals surface area contributed by atoms with Gasteiger partial charge in [-0.15, -0.1) is 0 Å². The molecule has 23 heavy (non-hydrogen) atoms. The number of amides is 1. The number of anilines is 1. The zero-order valence-corrected chi connectivity index (χ0v) is 14.9. The highest BCUT2D eigenvalue weighted by Crippen LogP contribution is 2.29. The van der Waals surface area contributed by atoms with Gasteiger partial charge in [-0.2, -0.15) is 0 Å². The van der Waals surface area contributed by atoms with E-state index in [0.29, 0.717) is 23.6 Å². The number of hydrogen-bond acceptors (Lipinski definition) is 4. The Morgan fingerprint density at radius 2 is 2.13 bits per heavy atom. The highest BCUT2D eigenvalue weighted by atomic mass is 35.5. The van der Waals surface area contributed by atoms with Gasteiger partial charge in [-0.05, 0) is 37.4 Å². The molecule has 1 N–H and O–H groups in total. The summed E-state index contributed by atoms with van der Waals surface area (Å²) in [7, 11) is 3.19. The predicted molar refractivity (Wildman–Crippen MR) is 87.6 cm³/mol. The topological polar surface area (TPSA) is 50.8 Å². The molecule has 0 radical (unpaired) electrons. The molecule has 6 heteroatoms. The lowest BCUT2D eigenvalue weighted by atomic mass is 10.0. The lowest BCUT2D eigenvalue weighted by molar-refractivity contribution is -0.116. The average molecular weight is 342 g/mol. The summed E-state index contributed by atoms with van der Waals surface area (Å²) >= 11 is 0. The third kappa shape index (κ3) is 5.92. The third-order valence-corrected chi connectivity index (χ3v) is 4.08. The van der Waals surface area contributed by atoms with Crippen molar-refractivity contribution in [3.8, 4) is 11.5 Å². The van der Waals surface area contributed by atoms with E-state index in [1.807, 2.05) is 6.07 Å². The summed E-state index contributed by atoms with van der Waals surface area (Å²) < 4.78 is 10.5. The van der Waals surface area contributed by atoms with Crippen LogP contribution < -0.4 is 27.2 Å². The normalized spacial score (nSPS) is 18.0. The molecule has 5 nitrogen and oxygen atoms in total. The zero-order valence-electron chi connectivity index (χ0n) is 14.1. The second-order valence-electron chi connectivity index (χ2n) is 5.91. The zero-order chi connectivity index (χ0) is 15.9. The summed E-state index contributed by atoms with van der Waals surface area (Å²) in [6.45, 7) is 5.27. The van der Waals surface area contributed by atoms with Crippen LogP contribution in [-0.4, -0.2) is 44.7 Å². The van der Waals surface area contributed by atoms with Crippen LogP contribution in [0, 0.1) is 5.92 Å². The number of carbonyl (C=O) groups excluding carboxylic acids is 1. The fourth-order valence-corrected chi connectivity index (χ4v) is 2.87. The molecule has 1 aromatic rings. The van der Waals surface area contributed by atoms with Crippen molar-refractivity contribution in [1.82, 2.24) is 4.90 Å². The van der Waals surface area contributed by atoms with Crippen LogP contribution in [0.2, 0.25) is 0 Å². The number of piperidine rings is 1. The van der Waals surface area contributed by atoms with Crippen molar-refractivity contribution in [3.05, 3.63) is 18.2 Å². The number of halogens is 1. The second-order valence-corrected chi connectivity index (χ2v) is 5.91. The minimum atomic E-state index is 0. The van der Waals surface area contributed by atoms with E-state index in [9.17, 15) is 4.79 Å². The average Bonchev–Trinajstić information content (AvgIpc) is 2.53. The van der Waals surface area contributed by atoms with Gasteiger partial charge in [0.15, 0.2) is 0 Å². The lowest BCUT2D eigenvalue weighted by Crippen LogP contribution is -3.00. The van der Waals surface area contributed by atoms with Crippen LogP contribution in [0.1, 0.15) is 26.2 Å². The number of ether oxygens (including phenoxy) is 2. The van der Waals surface area contributed by atoms with Gasteiger partial charge in [0.25, 0.3) is 0 Å². The van der Waals surface area contributed by atoms with Gasteiger partial charge in [-0.3, -0.25) is 4.79 Å². The largest absolute Gasteiger partial charge is 1.00 e. The maximum Gasteiger partial charge on any atom is 0.225 e. The van der Waals surface area contributed by atoms with Gasteiger partial charge >= 0.3 is 0 Å². The Labute approximate surface area is 144 Å². The monoisotopic (exact) mass is 341 g/mol. The molecule has 1 unspecified atom stereocenters. The molecule has 0 saturated carbocycles. The Hall–Kier alpha value is -1.46. The predicted octanol–water partition coefficient (Wildman–Crippen LogP) is -0.232. The summed E-state index contributed by atoms with van der Waals surface area (Å²) in [5.74, 6) is 2.07. The van der Waals surface area contributed by atoms with Crippen molar-refractivity contribution in [2.45, 2.75) is 26.2 Å². The molecule has 0 bridgehead atoms. The van der Waals surface area contributed by atoms with E-state index in [0.717, 1.165) is 25.6 Å². The number of methoxy groups -OCH3 is 2. The molecule has 1 atom stereocenters. The Balaban J connectivity index is 0.00000264. The van der Waals surface area contributed by atoms with E-state index in [-0.39, 0.29) is 18.3 Å². The van der Waals surface area contributed by atoms with E-state index < -0.39 is 0 Å². The molecular weight excluding hydrogens is 316 g/mol. The van der Waals surface area contributed by atoms with Crippen molar-refractivity contribution >= 4 is 11.6 Å². The van der Waals surface area contributed by atoms with Crippen LogP contribution in [0.4, 0.5) is 5.69 Å². The first-order chi connectivity index (χ1) is 10.6. The molecule has 0 spiro atoms. The Kier molecular flexibility index (Phi) is 8.20. The molecule has 1 heterocycles. The van der Waals surface area contributed by atoms with Crippen LogP contribution >= 0.6 is 0 Å². The molecule has 1 fully saturated rings. The molecule has 130 valence electrons. The molecule has 1 aliphatic rings. The van der Waals surface area contributed by atoms with Crippen molar-refractivity contribution in [1.29, 1.82) is 0 Å². The standard InChI is InChI=1S/C17H26N2O3.ClH/c1-13-5-4-9-19(12-13)10-8-17(20)18-15-11-14(21-2)6-7-16(15)22-3;/h6-7,11,13H,4-5,8-10,12H2,1-3H3,(H,18,20);1H/p-1. The van der Waals surface area contributed by atoms with Crippen molar-refractivity contribution in [3.63, 3.8) is 0 Å². The molecule has 0 aliphatic carbocycles. The molecule has 1 amide bonds. The second kappa shape index (κ2) is 9.63. The first-order valence-electron chi connectivity index (χ1n) is 7.86. The van der Waals surface area contributed by atoms with Crippen LogP contribution in [-0.2, 0) is 4.79 Å². The first-order valence-corrected chi connectivity index (χ1v) is 7.86. The van der Waals surface area contributed by atoms with Crippen LogP contribution in [0.3, 0.4) is 0 Å². The molecular formula is C17H26ClN2O3-. The third-order valence-electron chi connectivity index (χ3n) is 4.08. The number of nitrogens with one attached hydrogen (secondary N) is 1. The molecule has 1 saturated heterocycles. The van der Waals surface area contributed by atoms with Gasteiger partial charge in [-0.25, -0.2) is 0 Å². The van der Waals surface area contributed by atoms with E-state index in [4.69, 9.17) is 9.47 Å². The number of nitrogens with zero attached hydrogens (tertiary/aromatic N) is 1. The van der Waals surface area contributed by atoms with Crippen molar-refractivity contribution < 1.29 is 26.7 Å². The summed E-state index contributed by atoms with van der Waals surface area (Å²) in [6, 6.07) is 5.38. The Bertz CT molecular complexity index is 511. The van der Waals surface area contributed by atoms with E-state index in [1.165, 1.54) is 12.8 Å². The minimum absolute atomic E-state index is 0. The van der Waals surface area contributed by atoms with Gasteiger partial charge < -0.3 is 32.1 Å². The van der Waals surface area contributed by atoms with Gasteiger partial charge in [-0.1, -0.05) is 6.92 Å². The fourth-order valence-electron chi connectivity index (χ4n) is 2.87. The maximum absolute atomic E-state index is 12.2. The van der Waals surface area contributed by atoms with E-state index in [1.54, 1.807) is 26.4 Å². The smallest absolute Gasteiger partial charge is 0.225 e. The summed E-state index contributed by atoms with van der Waals surface area (Å²) in [5, 5.41) is 2.92. The minimum Gasteiger partial charge on any atom is -1.00 e. The first kappa shape index (κ1) is 19.6. The molecule has 1 aliphatic heterocycles.